The van der Waals surface area contributed by atoms with Crippen molar-refractivity contribution in [3.8, 4) is 0 Å². The third-order valence-corrected chi connectivity index (χ3v) is 4.75. The number of nitrogens with zero attached hydrogens (tertiary/aromatic N) is 1. The van der Waals surface area contributed by atoms with Crippen molar-refractivity contribution in [3.63, 3.8) is 0 Å². The molecule has 2 aromatic rings. The number of anilines is 1. The average Bonchev–Trinajstić information content (AvgIpc) is 3.16. The van der Waals surface area contributed by atoms with Gasteiger partial charge in [0.15, 0.2) is 5.78 Å². The Hall–Kier alpha value is -3.25. The van der Waals surface area contributed by atoms with Crippen LogP contribution in [0, 0.1) is 10.1 Å². The molecule has 0 saturated carbocycles. The Balaban J connectivity index is 2.11. The molecule has 1 heterocycles. The molecule has 0 unspecified atom stereocenters. The fourth-order valence-electron chi connectivity index (χ4n) is 2.05. The molecule has 0 atom stereocenters. The molecular weight excluding hydrogens is 394 g/mol. The van der Waals surface area contributed by atoms with Gasteiger partial charge in [0.1, 0.15) is 24.6 Å². The molecule has 0 aliphatic heterocycles. The number of hydrogen-bond acceptors (Lipinski definition) is 9. The normalized spacial score (nSPS) is 11.0. The van der Waals surface area contributed by atoms with E-state index < -0.39 is 50.4 Å². The van der Waals surface area contributed by atoms with Crippen LogP contribution >= 0.6 is 0 Å². The fraction of sp³-hybridized carbons (Fsp3) is 0.250. The lowest BCUT2D eigenvalue weighted by Crippen LogP contribution is -2.31. The topological polar surface area (TPSA) is 158 Å². The van der Waals surface area contributed by atoms with Crippen LogP contribution in [0.3, 0.4) is 0 Å². The summed E-state index contributed by atoms with van der Waals surface area (Å²) in [5, 5.41) is 14.1. The first kappa shape index (κ1) is 21.1. The minimum Gasteiger partial charge on any atom is -0.467 e. The van der Waals surface area contributed by atoms with Gasteiger partial charge < -0.3 is 14.5 Å². The molecule has 0 aliphatic carbocycles. The van der Waals surface area contributed by atoms with Gasteiger partial charge in [0.25, 0.3) is 5.69 Å². The molecule has 1 aromatic carbocycles. The van der Waals surface area contributed by atoms with Gasteiger partial charge >= 0.3 is 5.97 Å². The number of carbonyl (C=O) groups excluding carboxylic acids is 2. The number of hydrogen-bond donors (Lipinski definition) is 2. The molecule has 0 radical (unpaired) electrons. The Kier molecular flexibility index (Phi) is 6.84. The van der Waals surface area contributed by atoms with E-state index in [9.17, 15) is 28.1 Å². The molecule has 0 aliphatic rings. The molecule has 150 valence electrons. The van der Waals surface area contributed by atoms with E-state index in [1.807, 2.05) is 4.72 Å². The van der Waals surface area contributed by atoms with Crippen LogP contribution in [0.25, 0.3) is 0 Å². The maximum absolute atomic E-state index is 12.3. The molecule has 1 aromatic heterocycles. The Morgan fingerprint density at radius 2 is 2.04 bits per heavy atom. The van der Waals surface area contributed by atoms with Crippen molar-refractivity contribution in [2.45, 2.75) is 18.4 Å². The molecule has 12 heteroatoms. The van der Waals surface area contributed by atoms with Gasteiger partial charge in [-0.15, -0.1) is 0 Å². The van der Waals surface area contributed by atoms with Crippen molar-refractivity contribution in [2.75, 3.05) is 18.5 Å². The molecule has 28 heavy (non-hydrogen) atoms. The third-order valence-electron chi connectivity index (χ3n) is 3.35. The predicted molar refractivity (Wildman–Crippen MR) is 96.0 cm³/mol. The first-order valence-electron chi connectivity index (χ1n) is 7.88. The number of furan rings is 1. The van der Waals surface area contributed by atoms with Gasteiger partial charge in [-0.3, -0.25) is 19.7 Å². The summed E-state index contributed by atoms with van der Waals surface area (Å²) in [4.78, 5) is 32.3. The number of nitro groups is 1. The van der Waals surface area contributed by atoms with E-state index >= 15 is 0 Å². The average molecular weight is 411 g/mol. The monoisotopic (exact) mass is 411 g/mol. The SMILES string of the molecule is CC(=O)COC(=O)CNS(=O)(=O)c1ccc(NCc2ccco2)c([N+](=O)[O-])c1. The Morgan fingerprint density at radius 3 is 2.64 bits per heavy atom. The molecule has 0 bridgehead atoms. The molecule has 0 amide bonds. The summed E-state index contributed by atoms with van der Waals surface area (Å²) < 4.78 is 36.2. The largest absolute Gasteiger partial charge is 0.467 e. The maximum Gasteiger partial charge on any atom is 0.321 e. The van der Waals surface area contributed by atoms with E-state index in [1.54, 1.807) is 12.1 Å². The summed E-state index contributed by atoms with van der Waals surface area (Å²) in [6.45, 7) is 0.183. The highest BCUT2D eigenvalue weighted by Gasteiger charge is 2.22. The molecule has 11 nitrogen and oxygen atoms in total. The Bertz CT molecular complexity index is 970. The van der Waals surface area contributed by atoms with E-state index in [2.05, 4.69) is 10.1 Å². The second-order valence-corrected chi connectivity index (χ2v) is 7.32. The first-order valence-corrected chi connectivity index (χ1v) is 9.37. The van der Waals surface area contributed by atoms with E-state index in [-0.39, 0.29) is 12.2 Å². The molecule has 0 spiro atoms. The smallest absolute Gasteiger partial charge is 0.321 e. The number of rotatable bonds is 10. The number of sulfonamides is 1. The quantitative estimate of drug-likeness (QED) is 0.333. The van der Waals surface area contributed by atoms with Crippen LogP contribution < -0.4 is 10.0 Å². The van der Waals surface area contributed by atoms with Crippen molar-refractivity contribution in [1.29, 1.82) is 0 Å². The van der Waals surface area contributed by atoms with E-state index in [0.29, 0.717) is 5.76 Å². The standard InChI is InChI=1S/C16H17N3O8S/c1-11(20)10-27-16(21)9-18-28(24,25)13-4-5-14(15(7-13)19(22)23)17-8-12-3-2-6-26-12/h2-7,17-18H,8-10H2,1H3. The van der Waals surface area contributed by atoms with Crippen molar-refractivity contribution in [2.24, 2.45) is 0 Å². The van der Waals surface area contributed by atoms with Crippen LogP contribution in [0.2, 0.25) is 0 Å². The summed E-state index contributed by atoms with van der Waals surface area (Å²) in [6, 6.07) is 6.60. The van der Waals surface area contributed by atoms with E-state index in [1.165, 1.54) is 19.3 Å². The van der Waals surface area contributed by atoms with Crippen molar-refractivity contribution in [1.82, 2.24) is 4.72 Å². The van der Waals surface area contributed by atoms with Gasteiger partial charge in [0, 0.05) is 6.07 Å². The van der Waals surface area contributed by atoms with Crippen molar-refractivity contribution < 1.29 is 32.1 Å². The summed E-state index contributed by atoms with van der Waals surface area (Å²) in [5.41, 5.74) is -0.366. The summed E-state index contributed by atoms with van der Waals surface area (Å²) in [5.74, 6) is -0.814. The lowest BCUT2D eigenvalue weighted by molar-refractivity contribution is -0.384. The van der Waals surface area contributed by atoms with Crippen LogP contribution in [0.1, 0.15) is 12.7 Å². The number of esters is 1. The minimum absolute atomic E-state index is 0.0983. The zero-order valence-electron chi connectivity index (χ0n) is 14.7. The highest BCUT2D eigenvalue weighted by molar-refractivity contribution is 7.89. The lowest BCUT2D eigenvalue weighted by Gasteiger charge is -2.09. The van der Waals surface area contributed by atoms with E-state index in [4.69, 9.17) is 4.42 Å². The predicted octanol–water partition coefficient (Wildman–Crippen LogP) is 1.21. The van der Waals surface area contributed by atoms with E-state index in [0.717, 1.165) is 12.1 Å². The Labute approximate surface area is 159 Å². The Morgan fingerprint density at radius 1 is 1.29 bits per heavy atom. The number of ether oxygens (including phenoxy) is 1. The molecular formula is C16H17N3O8S. The number of nitrogens with one attached hydrogen (secondary N) is 2. The highest BCUT2D eigenvalue weighted by atomic mass is 32.2. The van der Waals surface area contributed by atoms with Gasteiger partial charge in [-0.05, 0) is 31.2 Å². The fourth-order valence-corrected chi connectivity index (χ4v) is 3.03. The summed E-state index contributed by atoms with van der Waals surface area (Å²) in [6.07, 6.45) is 1.45. The van der Waals surface area contributed by atoms with Crippen LogP contribution in [0.5, 0.6) is 0 Å². The van der Waals surface area contributed by atoms with Crippen LogP contribution in [0.4, 0.5) is 11.4 Å². The first-order chi connectivity index (χ1) is 13.2. The minimum atomic E-state index is -4.21. The molecule has 2 rings (SSSR count). The molecule has 0 fully saturated rings. The highest BCUT2D eigenvalue weighted by Crippen LogP contribution is 2.28. The third kappa shape index (κ3) is 5.89. The number of benzene rings is 1. The number of Topliss-reactive ketones (excluding diaryl/α,β-unsaturated/α-hetero) is 1. The van der Waals surface area contributed by atoms with Crippen LogP contribution in [0.15, 0.2) is 45.9 Å². The molecule has 2 N–H and O–H groups in total. The van der Waals surface area contributed by atoms with Gasteiger partial charge in [0.2, 0.25) is 10.0 Å². The molecule has 0 saturated heterocycles. The van der Waals surface area contributed by atoms with Crippen molar-refractivity contribution >= 4 is 33.2 Å². The number of nitro benzene ring substituents is 1. The number of ketones is 1. The van der Waals surface area contributed by atoms with Gasteiger partial charge in [-0.1, -0.05) is 0 Å². The summed E-state index contributed by atoms with van der Waals surface area (Å²) in [7, 11) is -4.21. The second-order valence-electron chi connectivity index (χ2n) is 5.56. The zero-order valence-corrected chi connectivity index (χ0v) is 15.5. The van der Waals surface area contributed by atoms with Crippen LogP contribution in [-0.2, 0) is 30.9 Å². The van der Waals surface area contributed by atoms with Crippen LogP contribution in [-0.4, -0.2) is 38.2 Å². The van der Waals surface area contributed by atoms with Crippen molar-refractivity contribution in [3.05, 3.63) is 52.5 Å². The lowest BCUT2D eigenvalue weighted by atomic mass is 10.2. The maximum atomic E-state index is 12.3. The second kappa shape index (κ2) is 9.10. The van der Waals surface area contributed by atoms with Gasteiger partial charge in [0.05, 0.1) is 22.6 Å². The number of carbonyl (C=O) groups is 2. The zero-order chi connectivity index (χ0) is 20.7. The summed E-state index contributed by atoms with van der Waals surface area (Å²) >= 11 is 0. The van der Waals surface area contributed by atoms with Gasteiger partial charge in [-0.25, -0.2) is 8.42 Å². The van der Waals surface area contributed by atoms with Gasteiger partial charge in [-0.2, -0.15) is 4.72 Å².